The van der Waals surface area contributed by atoms with Crippen molar-refractivity contribution in [2.45, 2.75) is 11.5 Å². The molecule has 1 N–H and O–H groups in total. The number of carbonyl (C=O) groups is 2. The monoisotopic (exact) mass is 451 g/mol. The molecule has 0 bridgehead atoms. The van der Waals surface area contributed by atoms with Gasteiger partial charge in [-0.2, -0.15) is 0 Å². The lowest BCUT2D eigenvalue weighted by atomic mass is 9.71. The van der Waals surface area contributed by atoms with Crippen LogP contribution in [0, 0.1) is 5.92 Å². The number of Topliss-reactive ketones (excluding diaryl/α,β-unsaturated/α-hetero) is 1. The van der Waals surface area contributed by atoms with Crippen LogP contribution in [0.2, 0.25) is 10.0 Å². The second-order valence-electron chi connectivity index (χ2n) is 8.01. The van der Waals surface area contributed by atoms with Gasteiger partial charge < -0.3 is 5.32 Å². The molecule has 2 aliphatic rings. The van der Waals surface area contributed by atoms with Gasteiger partial charge in [0.05, 0.1) is 5.92 Å². The smallest absolute Gasteiger partial charge is 0.250 e. The number of anilines is 1. The van der Waals surface area contributed by atoms with Gasteiger partial charge in [0, 0.05) is 40.0 Å². The van der Waals surface area contributed by atoms with Gasteiger partial charge in [-0.25, -0.2) is 0 Å². The van der Waals surface area contributed by atoms with Gasteiger partial charge in [0.25, 0.3) is 0 Å². The van der Waals surface area contributed by atoms with Crippen molar-refractivity contribution < 1.29 is 9.59 Å². The number of carbonyl (C=O) groups excluding carboxylic acids is 2. The number of halogens is 2. The second kappa shape index (κ2) is 7.45. The number of aromatic nitrogens is 1. The topological polar surface area (TPSA) is 62.3 Å². The van der Waals surface area contributed by atoms with Gasteiger partial charge in [-0.1, -0.05) is 41.4 Å². The number of hydrogen-bond donors (Lipinski definition) is 1. The van der Waals surface area contributed by atoms with Gasteiger partial charge in [0.15, 0.2) is 5.78 Å². The molecule has 7 heteroatoms. The molecule has 31 heavy (non-hydrogen) atoms. The molecule has 3 atom stereocenters. The van der Waals surface area contributed by atoms with E-state index in [-0.39, 0.29) is 17.6 Å². The average Bonchev–Trinajstić information content (AvgIpc) is 3.24. The zero-order valence-electron chi connectivity index (χ0n) is 16.7. The number of nitrogens with one attached hydrogen (secondary N) is 1. The molecule has 1 amide bonds. The quantitative estimate of drug-likeness (QED) is 0.582. The fourth-order valence-electron chi connectivity index (χ4n) is 5.09. The maximum atomic E-state index is 13.9. The summed E-state index contributed by atoms with van der Waals surface area (Å²) in [6.45, 7) is 0.518. The molecule has 1 spiro atoms. The van der Waals surface area contributed by atoms with Crippen LogP contribution < -0.4 is 5.32 Å². The number of fused-ring (bicyclic) bond motifs is 2. The van der Waals surface area contributed by atoms with E-state index in [2.05, 4.69) is 10.3 Å². The van der Waals surface area contributed by atoms with Crippen LogP contribution in [0.15, 0.2) is 66.9 Å². The van der Waals surface area contributed by atoms with E-state index in [9.17, 15) is 9.59 Å². The van der Waals surface area contributed by atoms with Crippen LogP contribution in [0.25, 0.3) is 0 Å². The first-order chi connectivity index (χ1) is 14.9. The van der Waals surface area contributed by atoms with Crippen molar-refractivity contribution in [1.29, 1.82) is 0 Å². The molecule has 5 rings (SSSR count). The summed E-state index contributed by atoms with van der Waals surface area (Å²) in [5.41, 5.74) is 1.50. The standard InChI is InChI=1S/C24H19Cl2N3O2/c1-29-13-17(14-5-7-15(25)8-6-14)21(22(30)20-4-2-3-11-27-20)24(29)18-12-16(26)9-10-19(18)28-23(24)31/h2-12,17,21H,13H2,1H3,(H,28,31)/t17-,21?,24-/m1/s1. The van der Waals surface area contributed by atoms with Gasteiger partial charge in [-0.05, 0) is 55.1 Å². The van der Waals surface area contributed by atoms with Crippen LogP contribution in [-0.4, -0.2) is 35.2 Å². The van der Waals surface area contributed by atoms with Gasteiger partial charge in [0.2, 0.25) is 5.91 Å². The minimum Gasteiger partial charge on any atom is -0.324 e. The third kappa shape index (κ3) is 2.99. The predicted octanol–water partition coefficient (Wildman–Crippen LogP) is 4.76. The second-order valence-corrected chi connectivity index (χ2v) is 8.88. The Balaban J connectivity index is 1.74. The summed E-state index contributed by atoms with van der Waals surface area (Å²) in [7, 11) is 1.88. The Bertz CT molecular complexity index is 1180. The van der Waals surface area contributed by atoms with E-state index in [0.29, 0.717) is 28.0 Å². The van der Waals surface area contributed by atoms with Crippen LogP contribution in [0.3, 0.4) is 0 Å². The molecular weight excluding hydrogens is 433 g/mol. The number of nitrogens with zero attached hydrogens (tertiary/aromatic N) is 2. The Hall–Kier alpha value is -2.73. The van der Waals surface area contributed by atoms with Crippen molar-refractivity contribution in [3.05, 3.63) is 93.7 Å². The highest BCUT2D eigenvalue weighted by molar-refractivity contribution is 6.31. The number of hydrogen-bond acceptors (Lipinski definition) is 4. The van der Waals surface area contributed by atoms with Gasteiger partial charge in [-0.15, -0.1) is 0 Å². The zero-order valence-corrected chi connectivity index (χ0v) is 18.2. The van der Waals surface area contributed by atoms with Gasteiger partial charge in [-0.3, -0.25) is 19.5 Å². The van der Waals surface area contributed by atoms with Crippen molar-refractivity contribution in [2.24, 2.45) is 5.92 Å². The summed E-state index contributed by atoms with van der Waals surface area (Å²) < 4.78 is 0. The molecule has 156 valence electrons. The summed E-state index contributed by atoms with van der Waals surface area (Å²) in [6, 6.07) is 18.0. The summed E-state index contributed by atoms with van der Waals surface area (Å²) in [5.74, 6) is -1.31. The van der Waals surface area contributed by atoms with Crippen molar-refractivity contribution in [3.63, 3.8) is 0 Å². The van der Waals surface area contributed by atoms with Gasteiger partial charge in [0.1, 0.15) is 11.2 Å². The van der Waals surface area contributed by atoms with Crippen molar-refractivity contribution in [1.82, 2.24) is 9.88 Å². The van der Waals surface area contributed by atoms with E-state index in [4.69, 9.17) is 23.2 Å². The number of likely N-dealkylation sites (N-methyl/N-ethyl adjacent to an activating group) is 1. The first-order valence-corrected chi connectivity index (χ1v) is 10.7. The number of pyridine rings is 1. The number of benzene rings is 2. The first-order valence-electron chi connectivity index (χ1n) is 9.96. The summed E-state index contributed by atoms with van der Waals surface area (Å²) >= 11 is 12.4. The lowest BCUT2D eigenvalue weighted by Crippen LogP contribution is -2.51. The Labute approximate surface area is 190 Å². The number of amides is 1. The Morgan fingerprint density at radius 1 is 1.10 bits per heavy atom. The average molecular weight is 452 g/mol. The van der Waals surface area contributed by atoms with E-state index in [1.807, 2.05) is 36.2 Å². The number of likely N-dealkylation sites (tertiary alicyclic amines) is 1. The fraction of sp³-hybridized carbons (Fsp3) is 0.208. The van der Waals surface area contributed by atoms with Gasteiger partial charge >= 0.3 is 0 Å². The molecule has 3 aromatic rings. The summed E-state index contributed by atoms with van der Waals surface area (Å²) in [6.07, 6.45) is 1.59. The highest BCUT2D eigenvalue weighted by Gasteiger charge is 2.64. The van der Waals surface area contributed by atoms with E-state index >= 15 is 0 Å². The maximum absolute atomic E-state index is 13.9. The highest BCUT2D eigenvalue weighted by Crippen LogP contribution is 2.55. The molecule has 0 saturated carbocycles. The fourth-order valence-corrected chi connectivity index (χ4v) is 5.39. The normalized spacial score (nSPS) is 24.9. The molecule has 2 aliphatic heterocycles. The zero-order chi connectivity index (χ0) is 21.8. The largest absolute Gasteiger partial charge is 0.324 e. The summed E-state index contributed by atoms with van der Waals surface area (Å²) in [5, 5.41) is 4.11. The van der Waals surface area contributed by atoms with Crippen molar-refractivity contribution in [2.75, 3.05) is 18.9 Å². The van der Waals surface area contributed by atoms with E-state index in [1.54, 1.807) is 42.6 Å². The van der Waals surface area contributed by atoms with Crippen molar-refractivity contribution in [3.8, 4) is 0 Å². The van der Waals surface area contributed by atoms with Crippen LogP contribution in [-0.2, 0) is 10.3 Å². The molecule has 0 aliphatic carbocycles. The Morgan fingerprint density at radius 2 is 1.84 bits per heavy atom. The Kier molecular flexibility index (Phi) is 4.85. The van der Waals surface area contributed by atoms with Crippen LogP contribution in [0.4, 0.5) is 5.69 Å². The summed E-state index contributed by atoms with van der Waals surface area (Å²) in [4.78, 5) is 33.7. The molecule has 2 aromatic carbocycles. The molecule has 1 aromatic heterocycles. The Morgan fingerprint density at radius 3 is 2.55 bits per heavy atom. The van der Waals surface area contributed by atoms with Crippen molar-refractivity contribution >= 4 is 40.6 Å². The third-order valence-electron chi connectivity index (χ3n) is 6.41. The molecule has 5 nitrogen and oxygen atoms in total. The minimum atomic E-state index is -1.18. The highest BCUT2D eigenvalue weighted by atomic mass is 35.5. The van der Waals surface area contributed by atoms with E-state index < -0.39 is 11.5 Å². The van der Waals surface area contributed by atoms with Crippen LogP contribution in [0.1, 0.15) is 27.5 Å². The van der Waals surface area contributed by atoms with E-state index in [0.717, 1.165) is 11.1 Å². The molecule has 0 radical (unpaired) electrons. The third-order valence-corrected chi connectivity index (χ3v) is 6.90. The predicted molar refractivity (Wildman–Crippen MR) is 121 cm³/mol. The lowest BCUT2D eigenvalue weighted by Gasteiger charge is -2.35. The molecule has 1 unspecified atom stereocenters. The lowest BCUT2D eigenvalue weighted by molar-refractivity contribution is -0.126. The molecule has 1 saturated heterocycles. The number of rotatable bonds is 3. The molecular formula is C24H19Cl2N3O2. The van der Waals surface area contributed by atoms with Crippen LogP contribution >= 0.6 is 23.2 Å². The minimum absolute atomic E-state index is 0.173. The first kappa shape index (κ1) is 20.2. The SMILES string of the molecule is CN1C[C@H](c2ccc(Cl)cc2)C(C(=O)c2ccccn2)[C@]12C(=O)Nc1ccc(Cl)cc12. The maximum Gasteiger partial charge on any atom is 0.250 e. The number of ketones is 1. The van der Waals surface area contributed by atoms with E-state index in [1.165, 1.54) is 0 Å². The molecule has 3 heterocycles. The van der Waals surface area contributed by atoms with Crippen LogP contribution in [0.5, 0.6) is 0 Å². The molecule has 1 fully saturated rings.